The number of aromatic nitrogens is 1. The number of rotatable bonds is 8. The fraction of sp³-hybridized carbons (Fsp3) is 0.515. The van der Waals surface area contributed by atoms with Crippen LogP contribution in [0.4, 0.5) is 0 Å². The van der Waals surface area contributed by atoms with Crippen LogP contribution < -0.4 is 4.74 Å². The summed E-state index contributed by atoms with van der Waals surface area (Å²) < 4.78 is 28.1. The summed E-state index contributed by atoms with van der Waals surface area (Å²) in [7, 11) is -1.00. The predicted octanol–water partition coefficient (Wildman–Crippen LogP) is 6.94. The average Bonchev–Trinajstić information content (AvgIpc) is 3.37. The second-order valence-corrected chi connectivity index (χ2v) is 16.8. The van der Waals surface area contributed by atoms with E-state index < -0.39 is 26.2 Å². The molecule has 1 N–H and O–H groups in total. The van der Waals surface area contributed by atoms with Gasteiger partial charge in [0.15, 0.2) is 11.6 Å². The van der Waals surface area contributed by atoms with Crippen LogP contribution in [0, 0.1) is 5.41 Å². The number of ketones is 1. The van der Waals surface area contributed by atoms with Crippen molar-refractivity contribution in [2.24, 2.45) is 5.41 Å². The summed E-state index contributed by atoms with van der Waals surface area (Å²) >= 11 is 3.51. The van der Waals surface area contributed by atoms with Crippen molar-refractivity contribution in [2.75, 3.05) is 6.61 Å². The van der Waals surface area contributed by atoms with Gasteiger partial charge in [-0.3, -0.25) is 9.59 Å². The van der Waals surface area contributed by atoms with Crippen LogP contribution >= 0.6 is 15.9 Å². The van der Waals surface area contributed by atoms with Gasteiger partial charge in [-0.05, 0) is 68.3 Å². The maximum Gasteiger partial charge on any atom is 0.323 e. The first-order valence-corrected chi connectivity index (χ1v) is 17.8. The fourth-order valence-electron chi connectivity index (χ4n) is 6.51. The van der Waals surface area contributed by atoms with Gasteiger partial charge in [-0.2, -0.15) is 0 Å². The molecule has 5 rings (SSSR count). The number of carbonyl (C=O) groups is 2. The van der Waals surface area contributed by atoms with E-state index in [0.29, 0.717) is 28.1 Å². The third kappa shape index (κ3) is 5.96. The zero-order valence-electron chi connectivity index (χ0n) is 26.3. The first-order chi connectivity index (χ1) is 19.9. The number of fused-ring (bicyclic) bond motifs is 4. The van der Waals surface area contributed by atoms with Gasteiger partial charge in [0.25, 0.3) is 0 Å². The number of aliphatic carboxylic acids is 1. The highest BCUT2D eigenvalue weighted by molar-refractivity contribution is 9.10. The molecule has 0 bridgehead atoms. The summed E-state index contributed by atoms with van der Waals surface area (Å²) in [4.78, 5) is 25.9. The van der Waals surface area contributed by atoms with Crippen molar-refractivity contribution < 1.29 is 33.3 Å². The molecule has 10 heteroatoms. The topological polar surface area (TPSA) is 96.2 Å². The van der Waals surface area contributed by atoms with Gasteiger partial charge in [0, 0.05) is 26.5 Å². The molecule has 0 amide bonds. The Hall–Kier alpha value is -2.50. The van der Waals surface area contributed by atoms with Gasteiger partial charge in [0.05, 0.1) is 17.2 Å². The van der Waals surface area contributed by atoms with Gasteiger partial charge in [-0.15, -0.1) is 0 Å². The molecule has 3 atom stereocenters. The zero-order valence-corrected chi connectivity index (χ0v) is 28.9. The molecule has 3 aromatic rings. The molecule has 1 aromatic heterocycles. The van der Waals surface area contributed by atoms with Crippen molar-refractivity contribution >= 4 is 47.6 Å². The first-order valence-electron chi connectivity index (χ1n) is 14.6. The number of halogens is 1. The highest BCUT2D eigenvalue weighted by Gasteiger charge is 2.49. The Morgan fingerprint density at radius 1 is 1.12 bits per heavy atom. The number of ether oxygens (including phenoxy) is 3. The second-order valence-electron chi connectivity index (χ2n) is 13.8. The Bertz CT molecular complexity index is 1590. The van der Waals surface area contributed by atoms with E-state index in [9.17, 15) is 14.7 Å². The number of nitrogens with zero attached hydrogens (tertiary/aromatic N) is 1. The normalized spacial score (nSPS) is 21.6. The van der Waals surface area contributed by atoms with Crippen LogP contribution in [0.5, 0.6) is 5.75 Å². The molecule has 1 unspecified atom stereocenters. The number of hydrogen-bond donors (Lipinski definition) is 1. The van der Waals surface area contributed by atoms with E-state index in [2.05, 4.69) is 49.8 Å². The number of carboxylic acids is 1. The fourth-order valence-corrected chi connectivity index (χ4v) is 7.85. The first kappa shape index (κ1) is 31.9. The van der Waals surface area contributed by atoms with Gasteiger partial charge in [0.1, 0.15) is 31.1 Å². The van der Waals surface area contributed by atoms with E-state index >= 15 is 0 Å². The van der Waals surface area contributed by atoms with Gasteiger partial charge in [-0.1, -0.05) is 56.6 Å². The minimum atomic E-state index is -1.00. The lowest BCUT2D eigenvalue weighted by atomic mass is 9.71. The second kappa shape index (κ2) is 11.1. The number of hydrogen-bond acceptors (Lipinski definition) is 6. The molecule has 231 valence electrons. The molecule has 2 aliphatic rings. The summed E-state index contributed by atoms with van der Waals surface area (Å²) in [6.07, 6.45) is -0.866. The van der Waals surface area contributed by atoms with E-state index in [1.54, 1.807) is 4.57 Å². The minimum absolute atomic E-state index is 0.122. The van der Waals surface area contributed by atoms with Gasteiger partial charge >= 0.3 is 5.97 Å². The van der Waals surface area contributed by atoms with E-state index in [1.807, 2.05) is 64.1 Å². The average molecular weight is 672 g/mol. The van der Waals surface area contributed by atoms with Crippen LogP contribution in [0.1, 0.15) is 75.6 Å². The van der Waals surface area contributed by atoms with Crippen molar-refractivity contribution in [1.82, 2.24) is 4.57 Å². The standard InChI is InChI=1S/C33H41BrNO7Si/c1-31(2,3)30(42-43(8)9)28-24(40-33(6,7)41-28)17-39-19-11-13-20-22(15-19)32(4,5)29-26(27(20)38)21-12-10-18(34)14-23(21)35(29)16-25(36)37/h10-15,24,28,30H,16-17H2,1-9H3,(H,36,37)/t24-,28-,30?/m1/s1. The third-order valence-electron chi connectivity index (χ3n) is 8.20. The highest BCUT2D eigenvalue weighted by atomic mass is 79.9. The van der Waals surface area contributed by atoms with Gasteiger partial charge in [0.2, 0.25) is 9.04 Å². The SMILES string of the molecule is C[Si](C)OC([C@@H]1OC(C)(C)O[C@@H]1COc1ccc2c(c1)C(C)(C)c1c(c3ccc(Br)cc3n1CC(=O)O)C2=O)C(C)(C)C. The van der Waals surface area contributed by atoms with Crippen molar-refractivity contribution in [1.29, 1.82) is 0 Å². The monoisotopic (exact) mass is 670 g/mol. The summed E-state index contributed by atoms with van der Waals surface area (Å²) in [6.45, 7) is 18.5. The van der Waals surface area contributed by atoms with Crippen molar-refractivity contribution in [3.8, 4) is 5.75 Å². The largest absolute Gasteiger partial charge is 0.491 e. The Labute approximate surface area is 263 Å². The molecular formula is C33H41BrNO7Si. The molecule has 1 aliphatic carbocycles. The number of carboxylic acid groups (broad SMARTS) is 1. The molecule has 1 fully saturated rings. The van der Waals surface area contributed by atoms with Crippen molar-refractivity contribution in [3.63, 3.8) is 0 Å². The molecule has 2 aromatic carbocycles. The predicted molar refractivity (Wildman–Crippen MR) is 170 cm³/mol. The molecular weight excluding hydrogens is 630 g/mol. The zero-order chi connectivity index (χ0) is 31.6. The lowest BCUT2D eigenvalue weighted by Gasteiger charge is -2.37. The van der Waals surface area contributed by atoms with Crippen molar-refractivity contribution in [3.05, 3.63) is 63.3 Å². The van der Waals surface area contributed by atoms with Crippen LogP contribution in [0.25, 0.3) is 10.9 Å². The maximum absolute atomic E-state index is 14.0. The molecule has 0 spiro atoms. The molecule has 43 heavy (non-hydrogen) atoms. The summed E-state index contributed by atoms with van der Waals surface area (Å²) in [5.41, 5.74) is 2.47. The lowest BCUT2D eigenvalue weighted by Crippen LogP contribution is -2.48. The minimum Gasteiger partial charge on any atom is -0.491 e. The summed E-state index contributed by atoms with van der Waals surface area (Å²) in [6, 6.07) is 11.2. The molecule has 1 saturated heterocycles. The number of carbonyl (C=O) groups excluding carboxylic acids is 1. The molecule has 2 heterocycles. The van der Waals surface area contributed by atoms with Crippen LogP contribution in [0.2, 0.25) is 13.1 Å². The third-order valence-corrected chi connectivity index (χ3v) is 9.42. The lowest BCUT2D eigenvalue weighted by molar-refractivity contribution is -0.160. The number of benzene rings is 2. The van der Waals surface area contributed by atoms with E-state index in [4.69, 9.17) is 18.6 Å². The summed E-state index contributed by atoms with van der Waals surface area (Å²) in [5, 5.41) is 10.5. The van der Waals surface area contributed by atoms with E-state index in [-0.39, 0.29) is 42.7 Å². The van der Waals surface area contributed by atoms with Crippen LogP contribution in [-0.2, 0) is 30.7 Å². The van der Waals surface area contributed by atoms with Crippen molar-refractivity contribution in [2.45, 2.75) is 97.6 Å². The Kier molecular flexibility index (Phi) is 8.26. The molecule has 1 radical (unpaired) electrons. The molecule has 1 aliphatic heterocycles. The van der Waals surface area contributed by atoms with Gasteiger partial charge < -0.3 is 28.3 Å². The Morgan fingerprint density at radius 3 is 2.44 bits per heavy atom. The Balaban J connectivity index is 1.50. The highest BCUT2D eigenvalue weighted by Crippen LogP contribution is 2.47. The van der Waals surface area contributed by atoms with E-state index in [0.717, 1.165) is 15.4 Å². The van der Waals surface area contributed by atoms with Crippen LogP contribution in [0.15, 0.2) is 40.9 Å². The van der Waals surface area contributed by atoms with E-state index in [1.165, 1.54) is 0 Å². The van der Waals surface area contributed by atoms with Crippen LogP contribution in [-0.4, -0.2) is 61.2 Å². The maximum atomic E-state index is 14.0. The van der Waals surface area contributed by atoms with Gasteiger partial charge in [-0.25, -0.2) is 0 Å². The Morgan fingerprint density at radius 2 is 1.81 bits per heavy atom. The van der Waals surface area contributed by atoms with Crippen LogP contribution in [0.3, 0.4) is 0 Å². The molecule has 0 saturated carbocycles. The smallest absolute Gasteiger partial charge is 0.323 e. The quantitative estimate of drug-likeness (QED) is 0.259. The molecule has 8 nitrogen and oxygen atoms in total. The summed E-state index contributed by atoms with van der Waals surface area (Å²) in [5.74, 6) is -1.28.